The van der Waals surface area contributed by atoms with Gasteiger partial charge in [0.2, 0.25) is 11.7 Å². The van der Waals surface area contributed by atoms with E-state index in [1.807, 2.05) is 19.1 Å². The average molecular weight is 363 g/mol. The number of hydrogen-bond donors (Lipinski definition) is 2. The van der Waals surface area contributed by atoms with Crippen molar-refractivity contribution in [1.29, 1.82) is 0 Å². The minimum absolute atomic E-state index is 0. The summed E-state index contributed by atoms with van der Waals surface area (Å²) in [7, 11) is 4.71. The van der Waals surface area contributed by atoms with Gasteiger partial charge in [-0.25, -0.2) is 0 Å². The molecule has 2 atom stereocenters. The van der Waals surface area contributed by atoms with Crippen molar-refractivity contribution in [2.75, 3.05) is 33.0 Å². The van der Waals surface area contributed by atoms with Crippen LogP contribution >= 0.6 is 24.2 Å². The molecular weight excluding hydrogens is 340 g/mol. The van der Waals surface area contributed by atoms with Crippen LogP contribution in [0, 0.1) is 0 Å². The number of amides is 1. The van der Waals surface area contributed by atoms with E-state index in [4.69, 9.17) is 14.2 Å². The molecule has 0 bridgehead atoms. The molecule has 8 heteroatoms. The molecule has 0 aromatic heterocycles. The number of nitrogens with one attached hydrogen (secondary N) is 2. The van der Waals surface area contributed by atoms with Crippen LogP contribution in [-0.4, -0.2) is 44.9 Å². The van der Waals surface area contributed by atoms with Gasteiger partial charge < -0.3 is 19.5 Å². The monoisotopic (exact) mass is 362 g/mol. The Morgan fingerprint density at radius 3 is 2.30 bits per heavy atom. The first kappa shape index (κ1) is 19.7. The first-order valence-corrected chi connectivity index (χ1v) is 8.17. The number of rotatable bonds is 6. The number of ether oxygens (including phenoxy) is 3. The second kappa shape index (κ2) is 9.10. The van der Waals surface area contributed by atoms with E-state index in [1.54, 1.807) is 33.1 Å². The van der Waals surface area contributed by atoms with Gasteiger partial charge in [-0.05, 0) is 24.6 Å². The highest BCUT2D eigenvalue weighted by Gasteiger charge is 2.24. The van der Waals surface area contributed by atoms with Gasteiger partial charge in [0.25, 0.3) is 0 Å². The lowest BCUT2D eigenvalue weighted by Gasteiger charge is -2.20. The van der Waals surface area contributed by atoms with E-state index in [1.165, 1.54) is 0 Å². The first-order valence-electron chi connectivity index (χ1n) is 7.02. The number of carbonyl (C=O) groups excluding carboxylic acids is 1. The van der Waals surface area contributed by atoms with Gasteiger partial charge >= 0.3 is 0 Å². The van der Waals surface area contributed by atoms with Crippen LogP contribution in [0.25, 0.3) is 0 Å². The predicted molar refractivity (Wildman–Crippen MR) is 94.2 cm³/mol. The molecular formula is C15H23ClN2O4S. The molecule has 1 aromatic carbocycles. The van der Waals surface area contributed by atoms with Gasteiger partial charge in [0.05, 0.1) is 33.4 Å². The Kier molecular flexibility index (Phi) is 7.81. The van der Waals surface area contributed by atoms with Gasteiger partial charge in [0, 0.05) is 11.6 Å². The van der Waals surface area contributed by atoms with Gasteiger partial charge in [-0.15, -0.1) is 24.2 Å². The summed E-state index contributed by atoms with van der Waals surface area (Å²) in [6, 6.07) is 3.41. The summed E-state index contributed by atoms with van der Waals surface area (Å²) in [5.74, 6) is 3.32. The average Bonchev–Trinajstić information content (AvgIpc) is 3.07. The van der Waals surface area contributed by atoms with Crippen molar-refractivity contribution in [3.05, 3.63) is 17.7 Å². The van der Waals surface area contributed by atoms with Gasteiger partial charge in [-0.2, -0.15) is 0 Å². The van der Waals surface area contributed by atoms with E-state index < -0.39 is 0 Å². The van der Waals surface area contributed by atoms with Crippen molar-refractivity contribution in [3.63, 3.8) is 0 Å². The zero-order chi connectivity index (χ0) is 16.1. The third kappa shape index (κ3) is 4.59. The van der Waals surface area contributed by atoms with Crippen molar-refractivity contribution in [1.82, 2.24) is 10.6 Å². The fourth-order valence-corrected chi connectivity index (χ4v) is 3.25. The Hall–Kier alpha value is -1.31. The molecule has 2 unspecified atom stereocenters. The highest BCUT2D eigenvalue weighted by molar-refractivity contribution is 7.99. The quantitative estimate of drug-likeness (QED) is 0.806. The molecule has 6 nitrogen and oxygen atoms in total. The Morgan fingerprint density at radius 1 is 1.26 bits per heavy atom. The van der Waals surface area contributed by atoms with Crippen molar-refractivity contribution in [2.24, 2.45) is 0 Å². The standard InChI is InChI=1S/C15H22N2O4S.ClH/c1-9(17-15(18)11-7-22-8-16-11)10-5-12(19-2)14(21-4)13(6-10)20-3;/h5-6,9,11,16H,7-8H2,1-4H3,(H,17,18);1H. The minimum Gasteiger partial charge on any atom is -0.493 e. The van der Waals surface area contributed by atoms with Crippen LogP contribution in [0.3, 0.4) is 0 Å². The molecule has 1 aromatic rings. The molecule has 1 aliphatic heterocycles. The third-order valence-electron chi connectivity index (χ3n) is 3.58. The molecule has 2 rings (SSSR count). The predicted octanol–water partition coefficient (Wildman–Crippen LogP) is 1.97. The van der Waals surface area contributed by atoms with Crippen molar-refractivity contribution in [2.45, 2.75) is 19.0 Å². The highest BCUT2D eigenvalue weighted by Crippen LogP contribution is 2.39. The summed E-state index contributed by atoms with van der Waals surface area (Å²) in [5.41, 5.74) is 0.897. The largest absolute Gasteiger partial charge is 0.493 e. The topological polar surface area (TPSA) is 68.8 Å². The normalized spacial score (nSPS) is 17.8. The van der Waals surface area contributed by atoms with Crippen molar-refractivity contribution in [3.8, 4) is 17.2 Å². The molecule has 0 aliphatic carbocycles. The van der Waals surface area contributed by atoms with Crippen LogP contribution in [0.1, 0.15) is 18.5 Å². The van der Waals surface area contributed by atoms with Crippen LogP contribution in [-0.2, 0) is 4.79 Å². The molecule has 2 N–H and O–H groups in total. The fourth-order valence-electron chi connectivity index (χ4n) is 2.31. The maximum atomic E-state index is 12.2. The number of methoxy groups -OCH3 is 3. The summed E-state index contributed by atoms with van der Waals surface area (Å²) < 4.78 is 16.0. The lowest BCUT2D eigenvalue weighted by Crippen LogP contribution is -2.42. The number of thioether (sulfide) groups is 1. The van der Waals surface area contributed by atoms with Crippen LogP contribution in [0.15, 0.2) is 12.1 Å². The lowest BCUT2D eigenvalue weighted by atomic mass is 10.1. The number of halogens is 1. The Morgan fingerprint density at radius 2 is 1.87 bits per heavy atom. The summed E-state index contributed by atoms with van der Waals surface area (Å²) in [4.78, 5) is 12.2. The highest BCUT2D eigenvalue weighted by atomic mass is 35.5. The van der Waals surface area contributed by atoms with E-state index in [2.05, 4.69) is 10.6 Å². The van der Waals surface area contributed by atoms with Crippen molar-refractivity contribution >= 4 is 30.1 Å². The van der Waals surface area contributed by atoms with Gasteiger partial charge in [-0.1, -0.05) is 0 Å². The maximum Gasteiger partial charge on any atom is 0.238 e. The minimum atomic E-state index is -0.159. The van der Waals surface area contributed by atoms with Gasteiger partial charge in [0.1, 0.15) is 0 Å². The number of hydrogen-bond acceptors (Lipinski definition) is 6. The second-order valence-corrected chi connectivity index (χ2v) is 5.99. The van der Waals surface area contributed by atoms with Crippen molar-refractivity contribution < 1.29 is 19.0 Å². The zero-order valence-electron chi connectivity index (χ0n) is 13.7. The van der Waals surface area contributed by atoms with Crippen LogP contribution in [0.5, 0.6) is 17.2 Å². The molecule has 1 saturated heterocycles. The second-order valence-electron chi connectivity index (χ2n) is 4.96. The summed E-state index contributed by atoms with van der Waals surface area (Å²) in [6.07, 6.45) is 0. The SMILES string of the molecule is COc1cc(C(C)NC(=O)C2CSCN2)cc(OC)c1OC.Cl. The van der Waals surface area contributed by atoms with Gasteiger partial charge in [0.15, 0.2) is 11.5 Å². The van der Waals surface area contributed by atoms with E-state index >= 15 is 0 Å². The molecule has 0 saturated carbocycles. The molecule has 1 amide bonds. The molecule has 23 heavy (non-hydrogen) atoms. The third-order valence-corrected chi connectivity index (χ3v) is 4.52. The molecule has 0 radical (unpaired) electrons. The zero-order valence-corrected chi connectivity index (χ0v) is 15.3. The fraction of sp³-hybridized carbons (Fsp3) is 0.533. The number of benzene rings is 1. The van der Waals surface area contributed by atoms with Crippen LogP contribution < -0.4 is 24.8 Å². The molecule has 130 valence electrons. The maximum absolute atomic E-state index is 12.2. The number of carbonyl (C=O) groups is 1. The molecule has 1 aliphatic rings. The summed E-state index contributed by atoms with van der Waals surface area (Å²) in [6.45, 7) is 1.93. The lowest BCUT2D eigenvalue weighted by molar-refractivity contribution is -0.123. The van der Waals surface area contributed by atoms with E-state index in [0.717, 1.165) is 17.2 Å². The van der Waals surface area contributed by atoms with Gasteiger partial charge in [-0.3, -0.25) is 10.1 Å². The van der Waals surface area contributed by atoms with Crippen LogP contribution in [0.2, 0.25) is 0 Å². The molecule has 1 heterocycles. The smallest absolute Gasteiger partial charge is 0.238 e. The molecule has 0 spiro atoms. The molecule has 1 fully saturated rings. The first-order chi connectivity index (χ1) is 10.6. The Bertz CT molecular complexity index is 513. The summed E-state index contributed by atoms with van der Waals surface area (Å²) >= 11 is 1.72. The van der Waals surface area contributed by atoms with E-state index in [-0.39, 0.29) is 30.4 Å². The Balaban J connectivity index is 0.00000264. The van der Waals surface area contributed by atoms with E-state index in [9.17, 15) is 4.79 Å². The van der Waals surface area contributed by atoms with Crippen LogP contribution in [0.4, 0.5) is 0 Å². The Labute approximate surface area is 147 Å². The summed E-state index contributed by atoms with van der Waals surface area (Å²) in [5, 5.41) is 6.17. The van der Waals surface area contributed by atoms with E-state index in [0.29, 0.717) is 17.2 Å².